The summed E-state index contributed by atoms with van der Waals surface area (Å²) in [5.74, 6) is 0.604. The third-order valence-electron chi connectivity index (χ3n) is 6.30. The summed E-state index contributed by atoms with van der Waals surface area (Å²) in [7, 11) is 2.99. The fourth-order valence-corrected chi connectivity index (χ4v) is 4.39. The van der Waals surface area contributed by atoms with Crippen molar-refractivity contribution >= 4 is 29.2 Å². The summed E-state index contributed by atoms with van der Waals surface area (Å²) in [5, 5.41) is 9.42. The molecule has 0 aliphatic carbocycles. The number of carbonyl (C=O) groups is 3. The summed E-state index contributed by atoms with van der Waals surface area (Å²) in [6.45, 7) is 11.5. The molecule has 0 aliphatic heterocycles. The molecule has 10 nitrogen and oxygen atoms in total. The summed E-state index contributed by atoms with van der Waals surface area (Å²) in [4.78, 5) is 42.1. The third-order valence-corrected chi connectivity index (χ3v) is 6.30. The van der Waals surface area contributed by atoms with Crippen molar-refractivity contribution in [2.24, 2.45) is 0 Å². The molecule has 1 unspecified atom stereocenters. The van der Waals surface area contributed by atoms with Gasteiger partial charge in [0, 0.05) is 35.7 Å². The van der Waals surface area contributed by atoms with Crippen molar-refractivity contribution in [3.05, 3.63) is 65.4 Å². The largest absolute Gasteiger partial charge is 0.493 e. The first-order valence-electron chi connectivity index (χ1n) is 13.5. The van der Waals surface area contributed by atoms with Crippen LogP contribution in [0.5, 0.6) is 11.5 Å². The Morgan fingerprint density at radius 3 is 2.22 bits per heavy atom. The molecule has 1 aromatic heterocycles. The van der Waals surface area contributed by atoms with Crippen molar-refractivity contribution in [3.63, 3.8) is 0 Å². The van der Waals surface area contributed by atoms with Gasteiger partial charge in [0.2, 0.25) is 17.7 Å². The molecule has 2 aromatic carbocycles. The van der Waals surface area contributed by atoms with Gasteiger partial charge in [-0.1, -0.05) is 43.3 Å². The predicted octanol–water partition coefficient (Wildman–Crippen LogP) is 5.53. The Hall–Kier alpha value is -4.34. The van der Waals surface area contributed by atoms with Gasteiger partial charge >= 0.3 is 0 Å². The van der Waals surface area contributed by atoms with Crippen LogP contribution in [-0.2, 0) is 14.4 Å². The first-order valence-corrected chi connectivity index (χ1v) is 13.5. The molecule has 1 atom stereocenters. The molecule has 0 aliphatic rings. The number of anilines is 2. The summed E-state index contributed by atoms with van der Waals surface area (Å²) in [6.07, 6.45) is -0.297. The standard InChI is InChI=1S/C31H40N4O6/c1-19(2)21-12-14-22(15-13-21)35(27(37)17-16-26(36)32-25-18-20(3)41-34-25)28(30(38)33-31(4,5)6)23-10-9-11-24(39-7)29(23)40-8/h9-15,18-19,28H,16-17H2,1-8H3,(H,33,38)(H,32,34,36). The zero-order valence-electron chi connectivity index (χ0n) is 25.0. The molecule has 0 fully saturated rings. The van der Waals surface area contributed by atoms with Crippen LogP contribution in [0.25, 0.3) is 0 Å². The van der Waals surface area contributed by atoms with Crippen LogP contribution in [0.1, 0.15) is 76.3 Å². The summed E-state index contributed by atoms with van der Waals surface area (Å²) in [5.41, 5.74) is 1.44. The number of nitrogens with zero attached hydrogens (tertiary/aromatic N) is 2. The molecule has 41 heavy (non-hydrogen) atoms. The molecule has 10 heteroatoms. The van der Waals surface area contributed by atoms with E-state index in [9.17, 15) is 14.4 Å². The van der Waals surface area contributed by atoms with Crippen molar-refractivity contribution in [1.82, 2.24) is 10.5 Å². The molecule has 0 radical (unpaired) electrons. The highest BCUT2D eigenvalue weighted by Gasteiger charge is 2.37. The number of carbonyl (C=O) groups excluding carboxylic acids is 3. The van der Waals surface area contributed by atoms with Gasteiger partial charge in [0.05, 0.1) is 14.2 Å². The Morgan fingerprint density at radius 2 is 1.68 bits per heavy atom. The van der Waals surface area contributed by atoms with E-state index in [0.717, 1.165) is 5.56 Å². The Kier molecular flexibility index (Phi) is 10.2. The Balaban J connectivity index is 2.08. The lowest BCUT2D eigenvalue weighted by Crippen LogP contribution is -2.49. The van der Waals surface area contributed by atoms with Gasteiger partial charge in [-0.25, -0.2) is 0 Å². The van der Waals surface area contributed by atoms with Crippen LogP contribution >= 0.6 is 0 Å². The van der Waals surface area contributed by atoms with Gasteiger partial charge in [0.15, 0.2) is 17.3 Å². The van der Waals surface area contributed by atoms with E-state index in [-0.39, 0.29) is 24.6 Å². The topological polar surface area (TPSA) is 123 Å². The second-order valence-electron chi connectivity index (χ2n) is 11.1. The minimum absolute atomic E-state index is 0.131. The normalized spacial score (nSPS) is 12.0. The fourth-order valence-electron chi connectivity index (χ4n) is 4.39. The number of methoxy groups -OCH3 is 2. The van der Waals surface area contributed by atoms with Crippen LogP contribution in [0.15, 0.2) is 53.1 Å². The lowest BCUT2D eigenvalue weighted by molar-refractivity contribution is -0.128. The molecule has 0 bridgehead atoms. The van der Waals surface area contributed by atoms with Gasteiger partial charge in [-0.15, -0.1) is 0 Å². The second kappa shape index (κ2) is 13.3. The number of aromatic nitrogens is 1. The summed E-state index contributed by atoms with van der Waals surface area (Å²) in [6, 6.07) is 13.2. The van der Waals surface area contributed by atoms with Crippen LogP contribution < -0.4 is 25.0 Å². The number of nitrogens with one attached hydrogen (secondary N) is 2. The van der Waals surface area contributed by atoms with Crippen LogP contribution in [0.2, 0.25) is 0 Å². The average molecular weight is 565 g/mol. The van der Waals surface area contributed by atoms with E-state index in [1.165, 1.54) is 19.1 Å². The van der Waals surface area contributed by atoms with Crippen molar-refractivity contribution in [2.75, 3.05) is 24.4 Å². The van der Waals surface area contributed by atoms with Crippen molar-refractivity contribution in [1.29, 1.82) is 0 Å². The lowest BCUT2D eigenvalue weighted by atomic mass is 9.98. The highest BCUT2D eigenvalue weighted by Crippen LogP contribution is 2.39. The van der Waals surface area contributed by atoms with Gasteiger partial charge in [0.25, 0.3) is 0 Å². The molecule has 220 valence electrons. The van der Waals surface area contributed by atoms with Gasteiger partial charge in [-0.3, -0.25) is 19.3 Å². The maximum Gasteiger partial charge on any atom is 0.248 e. The average Bonchev–Trinajstić information content (AvgIpc) is 3.32. The Morgan fingerprint density at radius 1 is 1.00 bits per heavy atom. The molecular formula is C31H40N4O6. The lowest BCUT2D eigenvalue weighted by Gasteiger charge is -2.34. The molecular weight excluding hydrogens is 524 g/mol. The van der Waals surface area contributed by atoms with E-state index in [1.54, 1.807) is 31.2 Å². The predicted molar refractivity (Wildman–Crippen MR) is 157 cm³/mol. The number of hydrogen-bond acceptors (Lipinski definition) is 7. The molecule has 3 aromatic rings. The first kappa shape index (κ1) is 31.2. The van der Waals surface area contributed by atoms with Gasteiger partial charge in [0.1, 0.15) is 11.8 Å². The Labute approximate surface area is 241 Å². The SMILES string of the molecule is COc1cccc(C(C(=O)NC(C)(C)C)N(C(=O)CCC(=O)Nc2cc(C)on2)c2ccc(C(C)C)cc2)c1OC. The summed E-state index contributed by atoms with van der Waals surface area (Å²) >= 11 is 0. The Bertz CT molecular complexity index is 1360. The maximum atomic E-state index is 14.0. The number of rotatable bonds is 11. The van der Waals surface area contributed by atoms with Crippen LogP contribution in [0.4, 0.5) is 11.5 Å². The molecule has 3 rings (SSSR count). The monoisotopic (exact) mass is 564 g/mol. The minimum Gasteiger partial charge on any atom is -0.493 e. The van der Waals surface area contributed by atoms with Crippen molar-refractivity contribution in [2.45, 2.75) is 71.9 Å². The number of para-hydroxylation sites is 1. The first-order chi connectivity index (χ1) is 19.3. The third kappa shape index (κ3) is 8.09. The highest BCUT2D eigenvalue weighted by atomic mass is 16.5. The fraction of sp³-hybridized carbons (Fsp3) is 0.419. The summed E-state index contributed by atoms with van der Waals surface area (Å²) < 4.78 is 16.2. The van der Waals surface area contributed by atoms with Gasteiger partial charge < -0.3 is 24.6 Å². The van der Waals surface area contributed by atoms with Gasteiger partial charge in [-0.05, 0) is 57.4 Å². The minimum atomic E-state index is -1.13. The number of amides is 3. The number of aryl methyl sites for hydroxylation is 1. The van der Waals surface area contributed by atoms with E-state index in [4.69, 9.17) is 14.0 Å². The van der Waals surface area contributed by atoms with Crippen LogP contribution in [-0.4, -0.2) is 42.6 Å². The van der Waals surface area contributed by atoms with E-state index in [1.807, 2.05) is 45.0 Å². The van der Waals surface area contributed by atoms with E-state index in [0.29, 0.717) is 28.5 Å². The van der Waals surface area contributed by atoms with Crippen molar-refractivity contribution < 1.29 is 28.4 Å². The molecule has 1 heterocycles. The molecule has 0 spiro atoms. The van der Waals surface area contributed by atoms with E-state index < -0.39 is 29.3 Å². The molecule has 2 N–H and O–H groups in total. The maximum absolute atomic E-state index is 14.0. The molecule has 0 saturated carbocycles. The number of hydrogen-bond donors (Lipinski definition) is 2. The van der Waals surface area contributed by atoms with E-state index >= 15 is 0 Å². The smallest absolute Gasteiger partial charge is 0.248 e. The zero-order valence-corrected chi connectivity index (χ0v) is 25.0. The molecule has 0 saturated heterocycles. The number of ether oxygens (including phenoxy) is 2. The van der Waals surface area contributed by atoms with Crippen LogP contribution in [0, 0.1) is 6.92 Å². The highest BCUT2D eigenvalue weighted by molar-refractivity contribution is 6.03. The van der Waals surface area contributed by atoms with Crippen LogP contribution in [0.3, 0.4) is 0 Å². The van der Waals surface area contributed by atoms with E-state index in [2.05, 4.69) is 29.6 Å². The van der Waals surface area contributed by atoms with Gasteiger partial charge in [-0.2, -0.15) is 0 Å². The second-order valence-corrected chi connectivity index (χ2v) is 11.1. The zero-order chi connectivity index (χ0) is 30.3. The van der Waals surface area contributed by atoms with Crippen molar-refractivity contribution in [3.8, 4) is 11.5 Å². The number of benzene rings is 2. The quantitative estimate of drug-likeness (QED) is 0.314. The molecule has 3 amide bonds.